The van der Waals surface area contributed by atoms with Crippen molar-refractivity contribution in [3.63, 3.8) is 0 Å². The molecule has 296 valence electrons. The second-order valence-electron chi connectivity index (χ2n) is 16.0. The topological polar surface area (TPSA) is 0 Å². The van der Waals surface area contributed by atoms with Crippen LogP contribution in [0.5, 0.6) is 0 Å². The first-order chi connectivity index (χ1) is 22.2. The number of unbranched alkanes of at least 4 members (excludes halogenated alkanes) is 4. The minimum atomic E-state index is -0.948. The molecule has 0 radical (unpaired) electrons. The average Bonchev–Trinajstić information content (AvgIpc) is 3.06. The van der Waals surface area contributed by atoms with E-state index >= 15 is 0 Å². The standard InChI is InChI=1S/C32H68P.C12H28P.2HI/c1-9-17-21-29(13-5)25-33(26-30(14-6)22-18-10-2,27-31(15-7)23-19-11-3)28-32(16-8)24-20-12-4;1-5-9-13(10-6-2,11-7-3)12-8-4;;/h29-32H,9-28H2,1-8H3;5-12H2,1-4H3;2*1H/q2*+1;;/p-2. The van der Waals surface area contributed by atoms with Crippen LogP contribution in [0.25, 0.3) is 0 Å². The lowest BCUT2D eigenvalue weighted by atomic mass is 10.0. The monoisotopic (exact) mass is 941 g/mol. The molecule has 0 rings (SSSR count). The first kappa shape index (κ1) is 57.0. The van der Waals surface area contributed by atoms with Crippen molar-refractivity contribution in [1.29, 1.82) is 0 Å². The Hall–Kier alpha value is 2.32. The lowest BCUT2D eigenvalue weighted by Gasteiger charge is -2.38. The summed E-state index contributed by atoms with van der Waals surface area (Å²) in [7, 11) is -1.44. The van der Waals surface area contributed by atoms with Gasteiger partial charge in [-0.1, -0.05) is 134 Å². The van der Waals surface area contributed by atoms with Crippen LogP contribution in [0.15, 0.2) is 0 Å². The molecule has 0 amide bonds. The molecule has 0 aromatic carbocycles. The Balaban J connectivity index is -0.000000545. The smallest absolute Gasteiger partial charge is 0.0622 e. The second kappa shape index (κ2) is 39.0. The van der Waals surface area contributed by atoms with Crippen LogP contribution in [0.2, 0.25) is 0 Å². The Morgan fingerprint density at radius 1 is 0.292 bits per heavy atom. The van der Waals surface area contributed by atoms with Gasteiger partial charge in [0.2, 0.25) is 0 Å². The summed E-state index contributed by atoms with van der Waals surface area (Å²) in [6, 6.07) is 0. The van der Waals surface area contributed by atoms with Crippen molar-refractivity contribution in [1.82, 2.24) is 0 Å². The number of hydrogen-bond acceptors (Lipinski definition) is 0. The summed E-state index contributed by atoms with van der Waals surface area (Å²) in [4.78, 5) is 0. The van der Waals surface area contributed by atoms with Crippen LogP contribution in [-0.2, 0) is 0 Å². The van der Waals surface area contributed by atoms with Gasteiger partial charge in [0.05, 0.1) is 49.3 Å². The molecule has 0 fully saturated rings. The van der Waals surface area contributed by atoms with Crippen LogP contribution in [0.1, 0.15) is 212 Å². The Kier molecular flexibility index (Phi) is 46.4. The molecule has 4 heteroatoms. The number of halogens is 2. The second-order valence-corrected chi connectivity index (χ2v) is 24.6. The van der Waals surface area contributed by atoms with Gasteiger partial charge in [-0.05, 0) is 101 Å². The molecule has 0 nitrogen and oxygen atoms in total. The van der Waals surface area contributed by atoms with E-state index in [1.54, 1.807) is 49.3 Å². The van der Waals surface area contributed by atoms with E-state index in [-0.39, 0.29) is 48.0 Å². The summed E-state index contributed by atoms with van der Waals surface area (Å²) in [6.45, 7) is 29.0. The van der Waals surface area contributed by atoms with Crippen LogP contribution < -0.4 is 48.0 Å². The van der Waals surface area contributed by atoms with Crippen LogP contribution >= 0.6 is 14.5 Å². The van der Waals surface area contributed by atoms with E-state index in [1.807, 2.05) is 0 Å². The van der Waals surface area contributed by atoms with E-state index in [4.69, 9.17) is 0 Å². The normalized spacial score (nSPS) is 15.2. The van der Waals surface area contributed by atoms with Gasteiger partial charge >= 0.3 is 0 Å². The zero-order chi connectivity index (χ0) is 35.1. The van der Waals surface area contributed by atoms with E-state index in [0.717, 1.165) is 23.7 Å². The third-order valence-corrected chi connectivity index (χ3v) is 22.3. The minimum Gasteiger partial charge on any atom is -1.00 e. The summed E-state index contributed by atoms with van der Waals surface area (Å²) >= 11 is 0. The van der Waals surface area contributed by atoms with Crippen molar-refractivity contribution in [3.05, 3.63) is 0 Å². The summed E-state index contributed by atoms with van der Waals surface area (Å²) < 4.78 is 0. The molecule has 0 aromatic rings. The average molecular weight is 941 g/mol. The van der Waals surface area contributed by atoms with E-state index in [1.165, 1.54) is 128 Å². The van der Waals surface area contributed by atoms with E-state index in [0.29, 0.717) is 0 Å². The number of rotatable bonds is 32. The fourth-order valence-electron chi connectivity index (χ4n) is 8.88. The molecule has 48 heavy (non-hydrogen) atoms. The highest BCUT2D eigenvalue weighted by Gasteiger charge is 2.44. The summed E-state index contributed by atoms with van der Waals surface area (Å²) in [6.07, 6.45) is 41.4. The molecule has 0 saturated heterocycles. The maximum atomic E-state index is 2.51. The largest absolute Gasteiger partial charge is 1.00 e. The van der Waals surface area contributed by atoms with E-state index < -0.39 is 14.5 Å². The third-order valence-electron chi connectivity index (χ3n) is 11.5. The molecule has 0 spiro atoms. The first-order valence-electron chi connectivity index (χ1n) is 21.9. The van der Waals surface area contributed by atoms with Crippen LogP contribution in [0, 0.1) is 23.7 Å². The van der Waals surface area contributed by atoms with Gasteiger partial charge in [0.15, 0.2) is 0 Å². The SMILES string of the molecule is CCCCC(CC)C[P+](CC(CC)CCCC)(CC(CC)CCCC)CC(CC)CCCC.CCC[P+](CCC)(CCC)CCC.[I-].[I-]. The lowest BCUT2D eigenvalue weighted by molar-refractivity contribution is -0.00100. The zero-order valence-electron chi connectivity index (χ0n) is 35.8. The first-order valence-corrected chi connectivity index (χ1v) is 27.0. The molecule has 0 aromatic heterocycles. The summed E-state index contributed by atoms with van der Waals surface area (Å²) in [5, 5.41) is 0. The van der Waals surface area contributed by atoms with Gasteiger partial charge in [0.1, 0.15) is 0 Å². The molecule has 4 unspecified atom stereocenters. The minimum absolute atomic E-state index is 0. The summed E-state index contributed by atoms with van der Waals surface area (Å²) in [5.74, 6) is 3.98. The molecular weight excluding hydrogens is 844 g/mol. The van der Waals surface area contributed by atoms with Gasteiger partial charge in [-0.25, -0.2) is 0 Å². The third kappa shape index (κ3) is 27.9. The predicted molar refractivity (Wildman–Crippen MR) is 227 cm³/mol. The lowest BCUT2D eigenvalue weighted by Crippen LogP contribution is -3.00. The van der Waals surface area contributed by atoms with Gasteiger partial charge in [0, 0.05) is 14.5 Å². The van der Waals surface area contributed by atoms with Crippen molar-refractivity contribution >= 4 is 14.5 Å². The van der Waals surface area contributed by atoms with E-state index in [9.17, 15) is 0 Å². The van der Waals surface area contributed by atoms with Crippen molar-refractivity contribution in [2.45, 2.75) is 212 Å². The fraction of sp³-hybridized carbons (Fsp3) is 1.00. The molecule has 0 aliphatic heterocycles. The molecule has 0 saturated carbocycles. The molecule has 0 N–H and O–H groups in total. The van der Waals surface area contributed by atoms with Gasteiger partial charge in [-0.3, -0.25) is 0 Å². The molecule has 0 aliphatic rings. The fourth-order valence-corrected chi connectivity index (χ4v) is 21.1. The van der Waals surface area contributed by atoms with E-state index in [2.05, 4.69) is 83.1 Å². The molecule has 0 heterocycles. The highest BCUT2D eigenvalue weighted by Crippen LogP contribution is 2.66. The number of hydrogen-bond donors (Lipinski definition) is 0. The maximum absolute atomic E-state index is 2.51. The zero-order valence-corrected chi connectivity index (χ0v) is 41.9. The molecule has 0 aliphatic carbocycles. The highest BCUT2D eigenvalue weighted by molar-refractivity contribution is 7.76. The van der Waals surface area contributed by atoms with Gasteiger partial charge in [-0.15, -0.1) is 0 Å². The summed E-state index contributed by atoms with van der Waals surface area (Å²) in [5.41, 5.74) is 0. The Morgan fingerprint density at radius 2 is 0.500 bits per heavy atom. The molecule has 0 bridgehead atoms. The van der Waals surface area contributed by atoms with Crippen LogP contribution in [0.3, 0.4) is 0 Å². The Bertz CT molecular complexity index is 506. The predicted octanol–water partition coefficient (Wildman–Crippen LogP) is 10.5. The van der Waals surface area contributed by atoms with Gasteiger partial charge in [0.25, 0.3) is 0 Å². The van der Waals surface area contributed by atoms with Crippen molar-refractivity contribution in [3.8, 4) is 0 Å². The quantitative estimate of drug-likeness (QED) is 0.0466. The maximum Gasteiger partial charge on any atom is 0.0622 e. The van der Waals surface area contributed by atoms with Gasteiger partial charge < -0.3 is 48.0 Å². The Morgan fingerprint density at radius 3 is 0.646 bits per heavy atom. The van der Waals surface area contributed by atoms with Crippen LogP contribution in [-0.4, -0.2) is 49.3 Å². The Labute approximate surface area is 344 Å². The van der Waals surface area contributed by atoms with Crippen LogP contribution in [0.4, 0.5) is 0 Å². The van der Waals surface area contributed by atoms with Gasteiger partial charge in [-0.2, -0.15) is 0 Å². The van der Waals surface area contributed by atoms with Crippen molar-refractivity contribution < 1.29 is 48.0 Å². The van der Waals surface area contributed by atoms with Crippen molar-refractivity contribution in [2.75, 3.05) is 49.3 Å². The highest BCUT2D eigenvalue weighted by atomic mass is 127. The molecule has 4 atom stereocenters. The molecular formula is C44H96I2P2. The van der Waals surface area contributed by atoms with Crippen molar-refractivity contribution in [2.24, 2.45) is 23.7 Å².